The Kier molecular flexibility index (Phi) is 4.85. The lowest BCUT2D eigenvalue weighted by Crippen LogP contribution is -2.42. The first-order chi connectivity index (χ1) is 10.3. The number of hydrogen-bond donors (Lipinski definition) is 2. The first-order valence-electron chi connectivity index (χ1n) is 7.37. The van der Waals surface area contributed by atoms with Gasteiger partial charge in [-0.15, -0.1) is 0 Å². The first-order valence-corrected chi connectivity index (χ1v) is 7.37. The molecule has 0 aliphatic heterocycles. The van der Waals surface area contributed by atoms with Gasteiger partial charge in [0, 0.05) is 29.1 Å². The third-order valence-corrected chi connectivity index (χ3v) is 3.15. The Morgan fingerprint density at radius 3 is 2.68 bits per heavy atom. The Bertz CT molecular complexity index is 668. The van der Waals surface area contributed by atoms with Crippen molar-refractivity contribution in [2.24, 2.45) is 0 Å². The van der Waals surface area contributed by atoms with Gasteiger partial charge in [-0.25, -0.2) is 0 Å². The lowest BCUT2D eigenvalue weighted by molar-refractivity contribution is -0.148. The smallest absolute Gasteiger partial charge is 0.306 e. The van der Waals surface area contributed by atoms with Crippen molar-refractivity contribution in [1.29, 1.82) is 0 Å². The Morgan fingerprint density at radius 1 is 1.23 bits per heavy atom. The molecule has 0 bridgehead atoms. The van der Waals surface area contributed by atoms with E-state index in [-0.39, 0.29) is 30.4 Å². The molecule has 0 saturated heterocycles. The molecule has 2 N–H and O–H groups in total. The SMILES string of the molecule is CC(C)(C)NC(=O)COC(=O)CCc1c[nH]c2ccccc12. The molecule has 0 fully saturated rings. The highest BCUT2D eigenvalue weighted by atomic mass is 16.5. The van der Waals surface area contributed by atoms with Gasteiger partial charge in [-0.1, -0.05) is 18.2 Å². The Balaban J connectivity index is 1.80. The van der Waals surface area contributed by atoms with Crippen molar-refractivity contribution in [3.63, 3.8) is 0 Å². The minimum atomic E-state index is -0.366. The van der Waals surface area contributed by atoms with Crippen LogP contribution < -0.4 is 5.32 Å². The quantitative estimate of drug-likeness (QED) is 0.834. The minimum Gasteiger partial charge on any atom is -0.456 e. The summed E-state index contributed by atoms with van der Waals surface area (Å²) in [5.41, 5.74) is 1.80. The van der Waals surface area contributed by atoms with Gasteiger partial charge in [-0.3, -0.25) is 9.59 Å². The van der Waals surface area contributed by atoms with E-state index in [4.69, 9.17) is 4.74 Å². The maximum Gasteiger partial charge on any atom is 0.306 e. The van der Waals surface area contributed by atoms with Gasteiger partial charge in [0.2, 0.25) is 0 Å². The van der Waals surface area contributed by atoms with Crippen LogP contribution in [0.5, 0.6) is 0 Å². The van der Waals surface area contributed by atoms with E-state index in [0.29, 0.717) is 6.42 Å². The molecule has 2 rings (SSSR count). The van der Waals surface area contributed by atoms with Crippen LogP contribution in [0.1, 0.15) is 32.8 Å². The molecule has 0 unspecified atom stereocenters. The van der Waals surface area contributed by atoms with Crippen LogP contribution in [-0.4, -0.2) is 29.0 Å². The number of H-pyrrole nitrogens is 1. The number of amides is 1. The summed E-state index contributed by atoms with van der Waals surface area (Å²) >= 11 is 0. The number of fused-ring (bicyclic) bond motifs is 1. The van der Waals surface area contributed by atoms with Crippen molar-refractivity contribution in [3.8, 4) is 0 Å². The number of aryl methyl sites for hydroxylation is 1. The highest BCUT2D eigenvalue weighted by molar-refractivity contribution is 5.84. The van der Waals surface area contributed by atoms with Crippen molar-refractivity contribution in [1.82, 2.24) is 10.3 Å². The lowest BCUT2D eigenvalue weighted by atomic mass is 10.1. The van der Waals surface area contributed by atoms with Crippen molar-refractivity contribution in [2.75, 3.05) is 6.61 Å². The van der Waals surface area contributed by atoms with Crippen LogP contribution in [0.3, 0.4) is 0 Å². The Morgan fingerprint density at radius 2 is 1.95 bits per heavy atom. The molecule has 0 atom stereocenters. The second-order valence-corrected chi connectivity index (χ2v) is 6.32. The maximum atomic E-state index is 11.7. The average molecular weight is 302 g/mol. The summed E-state index contributed by atoms with van der Waals surface area (Å²) in [5, 5.41) is 3.86. The molecule has 1 aromatic heterocycles. The van der Waals surface area contributed by atoms with E-state index >= 15 is 0 Å². The monoisotopic (exact) mass is 302 g/mol. The molecular weight excluding hydrogens is 280 g/mol. The van der Waals surface area contributed by atoms with Crippen molar-refractivity contribution < 1.29 is 14.3 Å². The summed E-state index contributed by atoms with van der Waals surface area (Å²) in [6.07, 6.45) is 2.75. The molecule has 0 aliphatic rings. The predicted molar refractivity (Wildman–Crippen MR) is 85.5 cm³/mol. The van der Waals surface area contributed by atoms with E-state index in [9.17, 15) is 9.59 Å². The van der Waals surface area contributed by atoms with Crippen LogP contribution in [0.15, 0.2) is 30.5 Å². The number of benzene rings is 1. The van der Waals surface area contributed by atoms with Crippen LogP contribution in [0.25, 0.3) is 10.9 Å². The summed E-state index contributed by atoms with van der Waals surface area (Å²) in [6, 6.07) is 7.94. The fraction of sp³-hybridized carbons (Fsp3) is 0.412. The number of carbonyl (C=O) groups excluding carboxylic acids is 2. The number of hydrogen-bond acceptors (Lipinski definition) is 3. The van der Waals surface area contributed by atoms with Gasteiger partial charge in [0.15, 0.2) is 6.61 Å². The fourth-order valence-corrected chi connectivity index (χ4v) is 2.25. The molecule has 0 radical (unpaired) electrons. The highest BCUT2D eigenvalue weighted by Crippen LogP contribution is 2.19. The average Bonchev–Trinajstić information content (AvgIpc) is 2.84. The van der Waals surface area contributed by atoms with Crippen molar-refractivity contribution in [3.05, 3.63) is 36.0 Å². The second-order valence-electron chi connectivity index (χ2n) is 6.32. The zero-order chi connectivity index (χ0) is 16.2. The van der Waals surface area contributed by atoms with Crippen LogP contribution in [0.2, 0.25) is 0 Å². The summed E-state index contributed by atoms with van der Waals surface area (Å²) in [4.78, 5) is 26.5. The van der Waals surface area contributed by atoms with Crippen LogP contribution in [0.4, 0.5) is 0 Å². The predicted octanol–water partition coefficient (Wildman–Crippen LogP) is 2.56. The van der Waals surface area contributed by atoms with Crippen molar-refractivity contribution in [2.45, 2.75) is 39.2 Å². The number of aromatic nitrogens is 1. The molecule has 1 amide bonds. The van der Waals surface area contributed by atoms with Gasteiger partial charge in [0.05, 0.1) is 0 Å². The molecule has 0 spiro atoms. The van der Waals surface area contributed by atoms with E-state index < -0.39 is 0 Å². The summed E-state index contributed by atoms with van der Waals surface area (Å²) in [6.45, 7) is 5.40. The first kappa shape index (κ1) is 16.1. The molecule has 1 aromatic carbocycles. The topological polar surface area (TPSA) is 71.2 Å². The van der Waals surface area contributed by atoms with Gasteiger partial charge in [-0.05, 0) is 38.8 Å². The van der Waals surface area contributed by atoms with E-state index in [2.05, 4.69) is 10.3 Å². The molecule has 5 nitrogen and oxygen atoms in total. The number of nitrogens with one attached hydrogen (secondary N) is 2. The normalized spacial score (nSPS) is 11.4. The molecule has 118 valence electrons. The van der Waals surface area contributed by atoms with E-state index in [1.165, 1.54) is 0 Å². The zero-order valence-electron chi connectivity index (χ0n) is 13.2. The van der Waals surface area contributed by atoms with E-state index in [1.54, 1.807) is 0 Å². The van der Waals surface area contributed by atoms with Crippen LogP contribution >= 0.6 is 0 Å². The summed E-state index contributed by atoms with van der Waals surface area (Å²) < 4.78 is 5.00. The third-order valence-electron chi connectivity index (χ3n) is 3.15. The Hall–Kier alpha value is -2.30. The second kappa shape index (κ2) is 6.64. The fourth-order valence-electron chi connectivity index (χ4n) is 2.25. The lowest BCUT2D eigenvalue weighted by Gasteiger charge is -2.20. The molecule has 2 aromatic rings. The number of esters is 1. The van der Waals surface area contributed by atoms with Gasteiger partial charge < -0.3 is 15.0 Å². The standard InChI is InChI=1S/C17H22N2O3/c1-17(2,3)19-15(20)11-22-16(21)9-8-12-10-18-14-7-5-4-6-13(12)14/h4-7,10,18H,8-9,11H2,1-3H3,(H,19,20). The Labute approximate surface area is 130 Å². The molecular formula is C17H22N2O3. The molecule has 1 heterocycles. The third kappa shape index (κ3) is 4.62. The van der Waals surface area contributed by atoms with Crippen molar-refractivity contribution >= 4 is 22.8 Å². The number of aromatic amines is 1. The molecule has 0 saturated carbocycles. The van der Waals surface area contributed by atoms with Crippen LogP contribution in [0, 0.1) is 0 Å². The number of carbonyl (C=O) groups is 2. The maximum absolute atomic E-state index is 11.7. The number of ether oxygens (including phenoxy) is 1. The number of rotatable bonds is 5. The molecule has 5 heteroatoms. The highest BCUT2D eigenvalue weighted by Gasteiger charge is 2.15. The zero-order valence-corrected chi connectivity index (χ0v) is 13.2. The number of para-hydroxylation sites is 1. The molecule has 0 aliphatic carbocycles. The minimum absolute atomic E-state index is 0.232. The largest absolute Gasteiger partial charge is 0.456 e. The van der Waals surface area contributed by atoms with Gasteiger partial charge in [0.25, 0.3) is 5.91 Å². The van der Waals surface area contributed by atoms with Crippen LogP contribution in [-0.2, 0) is 20.7 Å². The van der Waals surface area contributed by atoms with E-state index in [0.717, 1.165) is 16.5 Å². The van der Waals surface area contributed by atoms with Gasteiger partial charge in [0.1, 0.15) is 0 Å². The van der Waals surface area contributed by atoms with E-state index in [1.807, 2.05) is 51.2 Å². The van der Waals surface area contributed by atoms with Gasteiger partial charge >= 0.3 is 5.97 Å². The molecule has 22 heavy (non-hydrogen) atoms. The summed E-state index contributed by atoms with van der Waals surface area (Å²) in [5.74, 6) is -0.651. The van der Waals surface area contributed by atoms with Gasteiger partial charge in [-0.2, -0.15) is 0 Å². The summed E-state index contributed by atoms with van der Waals surface area (Å²) in [7, 11) is 0.